The first-order valence-corrected chi connectivity index (χ1v) is 6.99. The molecule has 0 spiro atoms. The van der Waals surface area contributed by atoms with Crippen LogP contribution in [-0.2, 0) is 4.79 Å². The van der Waals surface area contributed by atoms with Gasteiger partial charge in [-0.15, -0.1) is 0 Å². The zero-order valence-corrected chi connectivity index (χ0v) is 11.6. The van der Waals surface area contributed by atoms with Crippen LogP contribution in [0.2, 0.25) is 0 Å². The van der Waals surface area contributed by atoms with Crippen molar-refractivity contribution in [2.24, 2.45) is 5.92 Å². The van der Waals surface area contributed by atoms with Crippen LogP contribution in [0, 0.1) is 5.92 Å². The van der Waals surface area contributed by atoms with Gasteiger partial charge in [-0.3, -0.25) is 4.79 Å². The van der Waals surface area contributed by atoms with E-state index in [1.54, 1.807) is 0 Å². The molecule has 0 aromatic rings. The summed E-state index contributed by atoms with van der Waals surface area (Å²) in [6.07, 6.45) is 6.55. The van der Waals surface area contributed by atoms with Gasteiger partial charge in [0.15, 0.2) is 0 Å². The molecule has 0 aromatic carbocycles. The second kappa shape index (κ2) is 9.68. The highest BCUT2D eigenvalue weighted by atomic mass is 16.2. The topological polar surface area (TPSA) is 20.3 Å². The lowest BCUT2D eigenvalue weighted by molar-refractivity contribution is -0.135. The molecule has 96 valence electrons. The maximum absolute atomic E-state index is 12.2. The molecule has 0 heterocycles. The second-order valence-electron chi connectivity index (χ2n) is 4.55. The molecule has 0 saturated heterocycles. The van der Waals surface area contributed by atoms with Crippen molar-refractivity contribution in [3.63, 3.8) is 0 Å². The fraction of sp³-hybridized carbons (Fsp3) is 0.929. The van der Waals surface area contributed by atoms with Crippen molar-refractivity contribution >= 4 is 5.91 Å². The van der Waals surface area contributed by atoms with E-state index in [1.165, 1.54) is 12.8 Å². The Morgan fingerprint density at radius 2 is 1.38 bits per heavy atom. The van der Waals surface area contributed by atoms with Crippen molar-refractivity contribution in [1.82, 2.24) is 4.90 Å². The van der Waals surface area contributed by atoms with Gasteiger partial charge in [-0.2, -0.15) is 0 Å². The third kappa shape index (κ3) is 5.53. The first kappa shape index (κ1) is 15.5. The van der Waals surface area contributed by atoms with Crippen molar-refractivity contribution in [1.29, 1.82) is 0 Å². The Balaban J connectivity index is 4.28. The summed E-state index contributed by atoms with van der Waals surface area (Å²) in [7, 11) is 0. The maximum Gasteiger partial charge on any atom is 0.225 e. The van der Waals surface area contributed by atoms with Crippen LogP contribution in [0.3, 0.4) is 0 Å². The molecule has 0 N–H and O–H groups in total. The van der Waals surface area contributed by atoms with Gasteiger partial charge in [0.25, 0.3) is 0 Å². The van der Waals surface area contributed by atoms with Crippen molar-refractivity contribution < 1.29 is 4.79 Å². The van der Waals surface area contributed by atoms with Crippen LogP contribution in [0.4, 0.5) is 0 Å². The smallest absolute Gasteiger partial charge is 0.225 e. The maximum atomic E-state index is 12.2. The molecular formula is C14H29NO. The van der Waals surface area contributed by atoms with Crippen molar-refractivity contribution in [3.05, 3.63) is 0 Å². The van der Waals surface area contributed by atoms with Crippen molar-refractivity contribution in [2.45, 2.75) is 66.2 Å². The highest BCUT2D eigenvalue weighted by molar-refractivity contribution is 5.78. The average Bonchev–Trinajstić information content (AvgIpc) is 2.30. The Bertz CT molecular complexity index is 168. The average molecular weight is 227 g/mol. The molecule has 0 aromatic heterocycles. The number of carbonyl (C=O) groups excluding carboxylic acids is 1. The standard InChI is InChI=1S/C14H29NO/c1-5-9-11-15(12-10-6-2)14(16)13(7-3)8-4/h13H,5-12H2,1-4H3. The minimum absolute atomic E-state index is 0.244. The van der Waals surface area contributed by atoms with E-state index < -0.39 is 0 Å². The number of hydrogen-bond donors (Lipinski definition) is 0. The van der Waals surface area contributed by atoms with Crippen molar-refractivity contribution in [2.75, 3.05) is 13.1 Å². The normalized spacial score (nSPS) is 10.8. The molecule has 2 heteroatoms. The number of amides is 1. The van der Waals surface area contributed by atoms with E-state index >= 15 is 0 Å². The van der Waals surface area contributed by atoms with Gasteiger partial charge >= 0.3 is 0 Å². The predicted octanol–water partition coefficient (Wildman–Crippen LogP) is 3.85. The monoisotopic (exact) mass is 227 g/mol. The summed E-state index contributed by atoms with van der Waals surface area (Å²) in [5.74, 6) is 0.626. The lowest BCUT2D eigenvalue weighted by atomic mass is 10.0. The van der Waals surface area contributed by atoms with Crippen LogP contribution in [0.1, 0.15) is 66.2 Å². The quantitative estimate of drug-likeness (QED) is 0.586. The van der Waals surface area contributed by atoms with Gasteiger partial charge in [-0.25, -0.2) is 0 Å². The van der Waals surface area contributed by atoms with Crippen LogP contribution in [-0.4, -0.2) is 23.9 Å². The van der Waals surface area contributed by atoms with Gasteiger partial charge in [0.2, 0.25) is 5.91 Å². The van der Waals surface area contributed by atoms with Crippen LogP contribution in [0.25, 0.3) is 0 Å². The Morgan fingerprint density at radius 1 is 0.938 bits per heavy atom. The van der Waals surface area contributed by atoms with Crippen LogP contribution in [0.15, 0.2) is 0 Å². The van der Waals surface area contributed by atoms with E-state index in [2.05, 4.69) is 32.6 Å². The summed E-state index contributed by atoms with van der Waals surface area (Å²) in [6, 6.07) is 0. The Morgan fingerprint density at radius 3 is 1.69 bits per heavy atom. The predicted molar refractivity (Wildman–Crippen MR) is 70.5 cm³/mol. The number of rotatable bonds is 9. The number of nitrogens with zero attached hydrogens (tertiary/aromatic N) is 1. The number of unbranched alkanes of at least 4 members (excludes halogenated alkanes) is 2. The molecule has 0 aliphatic rings. The SMILES string of the molecule is CCCCN(CCCC)C(=O)C(CC)CC. The summed E-state index contributed by atoms with van der Waals surface area (Å²) in [6.45, 7) is 10.5. The van der Waals surface area contributed by atoms with Gasteiger partial charge in [0.1, 0.15) is 0 Å². The molecule has 0 bridgehead atoms. The molecule has 0 aliphatic heterocycles. The molecular weight excluding hydrogens is 198 g/mol. The Labute approximate surface area is 101 Å². The summed E-state index contributed by atoms with van der Waals surface area (Å²) >= 11 is 0. The molecule has 0 saturated carbocycles. The van der Waals surface area contributed by atoms with Crippen LogP contribution >= 0.6 is 0 Å². The third-order valence-electron chi connectivity index (χ3n) is 3.21. The van der Waals surface area contributed by atoms with Gasteiger partial charge in [0.05, 0.1) is 0 Å². The van der Waals surface area contributed by atoms with E-state index in [4.69, 9.17) is 0 Å². The first-order chi connectivity index (χ1) is 7.71. The second-order valence-corrected chi connectivity index (χ2v) is 4.55. The van der Waals surface area contributed by atoms with Crippen LogP contribution < -0.4 is 0 Å². The minimum atomic E-state index is 0.244. The number of carbonyl (C=O) groups is 1. The highest BCUT2D eigenvalue weighted by Gasteiger charge is 2.20. The lowest BCUT2D eigenvalue weighted by Gasteiger charge is -2.26. The number of hydrogen-bond acceptors (Lipinski definition) is 1. The van der Waals surface area contributed by atoms with Crippen molar-refractivity contribution in [3.8, 4) is 0 Å². The zero-order valence-electron chi connectivity index (χ0n) is 11.6. The fourth-order valence-corrected chi connectivity index (χ4v) is 1.93. The van der Waals surface area contributed by atoms with Gasteiger partial charge < -0.3 is 4.90 Å². The Hall–Kier alpha value is -0.530. The van der Waals surface area contributed by atoms with E-state index in [-0.39, 0.29) is 5.92 Å². The van der Waals surface area contributed by atoms with Gasteiger partial charge in [-0.05, 0) is 25.7 Å². The minimum Gasteiger partial charge on any atom is -0.342 e. The molecule has 2 nitrogen and oxygen atoms in total. The van der Waals surface area contributed by atoms with Crippen LogP contribution in [0.5, 0.6) is 0 Å². The molecule has 0 radical (unpaired) electrons. The first-order valence-electron chi connectivity index (χ1n) is 6.99. The lowest BCUT2D eigenvalue weighted by Crippen LogP contribution is -2.37. The third-order valence-corrected chi connectivity index (χ3v) is 3.21. The van der Waals surface area contributed by atoms with Gasteiger partial charge in [0, 0.05) is 19.0 Å². The molecule has 0 rings (SSSR count). The zero-order chi connectivity index (χ0) is 12.4. The van der Waals surface area contributed by atoms with E-state index in [9.17, 15) is 4.79 Å². The van der Waals surface area contributed by atoms with E-state index in [1.807, 2.05) is 0 Å². The summed E-state index contributed by atoms with van der Waals surface area (Å²) in [5.41, 5.74) is 0. The molecule has 0 unspecified atom stereocenters. The largest absolute Gasteiger partial charge is 0.342 e. The van der Waals surface area contributed by atoms with E-state index in [0.29, 0.717) is 5.91 Å². The highest BCUT2D eigenvalue weighted by Crippen LogP contribution is 2.13. The molecule has 0 aliphatic carbocycles. The molecule has 16 heavy (non-hydrogen) atoms. The fourth-order valence-electron chi connectivity index (χ4n) is 1.93. The molecule has 1 amide bonds. The summed E-state index contributed by atoms with van der Waals surface area (Å²) in [4.78, 5) is 14.3. The summed E-state index contributed by atoms with van der Waals surface area (Å²) < 4.78 is 0. The molecule has 0 atom stereocenters. The summed E-state index contributed by atoms with van der Waals surface area (Å²) in [5, 5.41) is 0. The van der Waals surface area contributed by atoms with E-state index in [0.717, 1.165) is 38.8 Å². The molecule has 0 fully saturated rings. The Kier molecular flexibility index (Phi) is 9.36. The van der Waals surface area contributed by atoms with Gasteiger partial charge in [-0.1, -0.05) is 40.5 Å².